The predicted molar refractivity (Wildman–Crippen MR) is 113 cm³/mol. The van der Waals surface area contributed by atoms with E-state index in [-0.39, 0.29) is 30.1 Å². The lowest BCUT2D eigenvalue weighted by atomic mass is 10.0. The minimum atomic E-state index is -0.641. The second kappa shape index (κ2) is 11.0. The van der Waals surface area contributed by atoms with Crippen molar-refractivity contribution in [2.24, 2.45) is 0 Å². The van der Waals surface area contributed by atoms with E-state index in [1.807, 2.05) is 12.1 Å². The zero-order chi connectivity index (χ0) is 22.1. The highest BCUT2D eigenvalue weighted by molar-refractivity contribution is 5.98. The average molecular weight is 413 g/mol. The van der Waals surface area contributed by atoms with Crippen LogP contribution in [0.2, 0.25) is 0 Å². The number of ketones is 1. The van der Waals surface area contributed by atoms with Crippen LogP contribution >= 0.6 is 0 Å². The molecule has 2 aromatic rings. The second-order valence-electron chi connectivity index (χ2n) is 7.02. The monoisotopic (exact) mass is 413 g/mol. The largest absolute Gasteiger partial charge is 0.504 e. The van der Waals surface area contributed by atoms with Crippen molar-refractivity contribution in [1.82, 2.24) is 0 Å². The van der Waals surface area contributed by atoms with Crippen molar-refractivity contribution in [2.45, 2.75) is 39.5 Å². The number of hydrogen-bond acceptors (Lipinski definition) is 6. The molecule has 2 rings (SSSR count). The van der Waals surface area contributed by atoms with Crippen molar-refractivity contribution < 1.29 is 29.0 Å². The van der Waals surface area contributed by atoms with Crippen LogP contribution in [0.4, 0.5) is 5.69 Å². The Morgan fingerprint density at radius 1 is 1.03 bits per heavy atom. The lowest BCUT2D eigenvalue weighted by Crippen LogP contribution is -2.21. The first-order chi connectivity index (χ1) is 14.3. The Kier molecular flexibility index (Phi) is 8.41. The van der Waals surface area contributed by atoms with Gasteiger partial charge < -0.3 is 19.9 Å². The van der Waals surface area contributed by atoms with E-state index in [4.69, 9.17) is 9.47 Å². The lowest BCUT2D eigenvalue weighted by molar-refractivity contribution is -0.147. The van der Waals surface area contributed by atoms with Gasteiger partial charge in [0.2, 0.25) is 0 Å². The van der Waals surface area contributed by atoms with Crippen molar-refractivity contribution in [3.63, 3.8) is 0 Å². The lowest BCUT2D eigenvalue weighted by Gasteiger charge is -2.09. The minimum Gasteiger partial charge on any atom is -0.504 e. The quantitative estimate of drug-likeness (QED) is 0.450. The Bertz CT molecular complexity index is 889. The summed E-state index contributed by atoms with van der Waals surface area (Å²) in [4.78, 5) is 36.0. The fraction of sp³-hybridized carbons (Fsp3) is 0.348. The number of esters is 1. The molecule has 0 saturated heterocycles. The van der Waals surface area contributed by atoms with Gasteiger partial charge in [-0.25, -0.2) is 0 Å². The Hall–Kier alpha value is -3.35. The summed E-state index contributed by atoms with van der Waals surface area (Å²) >= 11 is 0. The highest BCUT2D eigenvalue weighted by Crippen LogP contribution is 2.27. The molecule has 0 aliphatic carbocycles. The normalized spacial score (nSPS) is 10.5. The van der Waals surface area contributed by atoms with Gasteiger partial charge in [-0.15, -0.1) is 0 Å². The number of ether oxygens (including phenoxy) is 2. The summed E-state index contributed by atoms with van der Waals surface area (Å²) < 4.78 is 10.2. The van der Waals surface area contributed by atoms with Gasteiger partial charge in [-0.05, 0) is 48.7 Å². The standard InChI is InChI=1S/C23H27NO6/c1-4-29-21-13-17(7-10-20(21)26)19(25)11-12-23(28)30-14-22(27)24-18-8-5-16(6-9-18)15(2)3/h5-10,13,15,26H,4,11-12,14H2,1-3H3,(H,24,27). The van der Waals surface area contributed by atoms with E-state index in [1.165, 1.54) is 18.2 Å². The van der Waals surface area contributed by atoms with Gasteiger partial charge in [-0.3, -0.25) is 14.4 Å². The van der Waals surface area contributed by atoms with E-state index in [0.29, 0.717) is 23.8 Å². The molecule has 0 radical (unpaired) electrons. The Balaban J connectivity index is 1.77. The highest BCUT2D eigenvalue weighted by Gasteiger charge is 2.14. The van der Waals surface area contributed by atoms with Crippen LogP contribution in [0.25, 0.3) is 0 Å². The van der Waals surface area contributed by atoms with Crippen LogP contribution in [-0.4, -0.2) is 36.0 Å². The number of hydrogen-bond donors (Lipinski definition) is 2. The van der Waals surface area contributed by atoms with Gasteiger partial charge in [0, 0.05) is 17.7 Å². The Labute approximate surface area is 176 Å². The number of aromatic hydroxyl groups is 1. The number of carbonyl (C=O) groups excluding carboxylic acids is 3. The SMILES string of the molecule is CCOc1cc(C(=O)CCC(=O)OCC(=O)Nc2ccc(C(C)C)cc2)ccc1O. The van der Waals surface area contributed by atoms with Crippen molar-refractivity contribution >= 4 is 23.3 Å². The number of rotatable bonds is 10. The average Bonchev–Trinajstić information content (AvgIpc) is 2.72. The summed E-state index contributed by atoms with van der Waals surface area (Å²) in [6.45, 7) is 5.85. The fourth-order valence-electron chi connectivity index (χ4n) is 2.69. The van der Waals surface area contributed by atoms with Crippen molar-refractivity contribution in [2.75, 3.05) is 18.5 Å². The van der Waals surface area contributed by atoms with Crippen LogP contribution in [0.5, 0.6) is 11.5 Å². The Morgan fingerprint density at radius 3 is 2.37 bits per heavy atom. The van der Waals surface area contributed by atoms with E-state index >= 15 is 0 Å². The number of amides is 1. The van der Waals surface area contributed by atoms with Crippen molar-refractivity contribution in [3.05, 3.63) is 53.6 Å². The van der Waals surface area contributed by atoms with Gasteiger partial charge in [0.05, 0.1) is 13.0 Å². The number of phenols is 1. The summed E-state index contributed by atoms with van der Waals surface area (Å²) in [5.74, 6) is -0.834. The molecule has 0 saturated carbocycles. The number of nitrogens with one attached hydrogen (secondary N) is 1. The molecule has 0 aromatic heterocycles. The zero-order valence-electron chi connectivity index (χ0n) is 17.4. The van der Waals surface area contributed by atoms with Gasteiger partial charge in [0.15, 0.2) is 23.9 Å². The number of anilines is 1. The molecule has 30 heavy (non-hydrogen) atoms. The van der Waals surface area contributed by atoms with Gasteiger partial charge in [-0.1, -0.05) is 26.0 Å². The van der Waals surface area contributed by atoms with Crippen LogP contribution < -0.4 is 10.1 Å². The summed E-state index contributed by atoms with van der Waals surface area (Å²) in [6.07, 6.45) is -0.229. The van der Waals surface area contributed by atoms with E-state index in [1.54, 1.807) is 19.1 Å². The Morgan fingerprint density at radius 2 is 1.73 bits per heavy atom. The molecular formula is C23H27NO6. The molecule has 1 amide bonds. The van der Waals surface area contributed by atoms with Crippen LogP contribution in [0, 0.1) is 0 Å². The van der Waals surface area contributed by atoms with Gasteiger partial charge in [-0.2, -0.15) is 0 Å². The van der Waals surface area contributed by atoms with E-state index in [0.717, 1.165) is 5.56 Å². The third-order valence-electron chi connectivity index (χ3n) is 4.36. The number of phenolic OH excluding ortho intramolecular Hbond substituents is 1. The molecule has 0 spiro atoms. The molecule has 0 atom stereocenters. The molecule has 7 nitrogen and oxygen atoms in total. The van der Waals surface area contributed by atoms with Crippen molar-refractivity contribution in [3.8, 4) is 11.5 Å². The van der Waals surface area contributed by atoms with Crippen LogP contribution in [0.1, 0.15) is 55.5 Å². The third-order valence-corrected chi connectivity index (χ3v) is 4.36. The first kappa shape index (κ1) is 22.9. The zero-order valence-corrected chi connectivity index (χ0v) is 17.4. The van der Waals surface area contributed by atoms with Crippen LogP contribution in [-0.2, 0) is 14.3 Å². The number of Topliss-reactive ketones (excluding diaryl/α,β-unsaturated/α-hetero) is 1. The first-order valence-corrected chi connectivity index (χ1v) is 9.84. The van der Waals surface area contributed by atoms with Crippen molar-refractivity contribution in [1.29, 1.82) is 0 Å². The van der Waals surface area contributed by atoms with E-state index in [9.17, 15) is 19.5 Å². The summed E-state index contributed by atoms with van der Waals surface area (Å²) in [6, 6.07) is 11.7. The third kappa shape index (κ3) is 6.92. The number of carbonyl (C=O) groups is 3. The molecule has 2 aromatic carbocycles. The smallest absolute Gasteiger partial charge is 0.306 e. The van der Waals surface area contributed by atoms with Gasteiger partial charge in [0.25, 0.3) is 5.91 Å². The van der Waals surface area contributed by atoms with Gasteiger partial charge >= 0.3 is 5.97 Å². The molecule has 0 fully saturated rings. The molecule has 0 bridgehead atoms. The summed E-state index contributed by atoms with van der Waals surface area (Å²) in [5.41, 5.74) is 2.10. The fourth-order valence-corrected chi connectivity index (χ4v) is 2.69. The first-order valence-electron chi connectivity index (χ1n) is 9.84. The maximum atomic E-state index is 12.2. The predicted octanol–water partition coefficient (Wildman–Crippen LogP) is 4.06. The summed E-state index contributed by atoms with van der Waals surface area (Å²) in [7, 11) is 0. The molecular weight excluding hydrogens is 386 g/mol. The number of benzene rings is 2. The second-order valence-corrected chi connectivity index (χ2v) is 7.02. The molecule has 2 N–H and O–H groups in total. The molecule has 0 unspecified atom stereocenters. The van der Waals surface area contributed by atoms with Crippen LogP contribution in [0.15, 0.2) is 42.5 Å². The highest BCUT2D eigenvalue weighted by atomic mass is 16.5. The molecule has 160 valence electrons. The molecule has 0 aliphatic heterocycles. The maximum absolute atomic E-state index is 12.2. The van der Waals surface area contributed by atoms with E-state index in [2.05, 4.69) is 19.2 Å². The summed E-state index contributed by atoms with van der Waals surface area (Å²) in [5, 5.41) is 12.3. The molecule has 7 heteroatoms. The molecule has 0 aliphatic rings. The maximum Gasteiger partial charge on any atom is 0.306 e. The minimum absolute atomic E-state index is 0.0577. The molecule has 0 heterocycles. The van der Waals surface area contributed by atoms with Crippen LogP contribution in [0.3, 0.4) is 0 Å². The topological polar surface area (TPSA) is 102 Å². The van der Waals surface area contributed by atoms with E-state index < -0.39 is 18.5 Å². The van der Waals surface area contributed by atoms with Gasteiger partial charge in [0.1, 0.15) is 0 Å².